The number of hydrogen-bond acceptors (Lipinski definition) is 3. The molecule has 4 rings (SSSR count). The zero-order valence-electron chi connectivity index (χ0n) is 13.1. The molecule has 2 aliphatic rings. The highest BCUT2D eigenvalue weighted by Crippen LogP contribution is 2.36. The molecule has 6 heteroatoms. The zero-order valence-corrected chi connectivity index (χ0v) is 13.1. The van der Waals surface area contributed by atoms with Gasteiger partial charge in [-0.3, -0.25) is 0 Å². The summed E-state index contributed by atoms with van der Waals surface area (Å²) in [5.41, 5.74) is 0.709. The van der Waals surface area contributed by atoms with Gasteiger partial charge in [0.1, 0.15) is 0 Å². The average molecular weight is 311 g/mol. The van der Waals surface area contributed by atoms with Crippen LogP contribution in [-0.2, 0) is 0 Å². The van der Waals surface area contributed by atoms with Crippen LogP contribution in [0.5, 0.6) is 0 Å². The van der Waals surface area contributed by atoms with Crippen LogP contribution in [0.2, 0.25) is 0 Å². The van der Waals surface area contributed by atoms with Crippen molar-refractivity contribution in [3.8, 4) is 5.82 Å². The molecule has 1 saturated heterocycles. The van der Waals surface area contributed by atoms with E-state index >= 15 is 0 Å². The number of pyridine rings is 1. The Morgan fingerprint density at radius 2 is 2.13 bits per heavy atom. The van der Waals surface area contributed by atoms with Crippen molar-refractivity contribution < 1.29 is 4.79 Å². The first kappa shape index (κ1) is 14.2. The number of hydrogen-bond donors (Lipinski definition) is 1. The Labute approximate surface area is 135 Å². The zero-order chi connectivity index (χ0) is 15.6. The normalized spacial score (nSPS) is 23.6. The predicted molar refractivity (Wildman–Crippen MR) is 87.4 cm³/mol. The molecule has 1 N–H and O–H groups in total. The van der Waals surface area contributed by atoms with E-state index in [1.807, 2.05) is 23.1 Å². The molecule has 2 aromatic heterocycles. The molecule has 1 aliphatic carbocycles. The number of carbonyl (C=O) groups is 1. The molecule has 0 aromatic carbocycles. The third kappa shape index (κ3) is 2.81. The number of urea groups is 1. The lowest BCUT2D eigenvalue weighted by Crippen LogP contribution is -2.48. The van der Waals surface area contributed by atoms with Crippen molar-refractivity contribution in [3.63, 3.8) is 0 Å². The van der Waals surface area contributed by atoms with Gasteiger partial charge in [0.2, 0.25) is 0 Å². The van der Waals surface area contributed by atoms with Crippen LogP contribution in [0.15, 0.2) is 36.8 Å². The number of fused-ring (bicyclic) bond motifs is 1. The molecule has 2 fully saturated rings. The number of likely N-dealkylation sites (tertiary alicyclic amines) is 1. The van der Waals surface area contributed by atoms with Crippen LogP contribution in [0.4, 0.5) is 10.5 Å². The van der Waals surface area contributed by atoms with E-state index in [0.29, 0.717) is 17.6 Å². The number of nitrogens with one attached hydrogen (secondary N) is 1. The maximum atomic E-state index is 12.6. The van der Waals surface area contributed by atoms with Crippen molar-refractivity contribution in [2.45, 2.75) is 38.1 Å². The number of rotatable bonds is 2. The summed E-state index contributed by atoms with van der Waals surface area (Å²) >= 11 is 0. The molecule has 6 nitrogen and oxygen atoms in total. The lowest BCUT2D eigenvalue weighted by Gasteiger charge is -2.37. The Hall–Kier alpha value is -2.37. The minimum Gasteiger partial charge on any atom is -0.321 e. The van der Waals surface area contributed by atoms with Crippen molar-refractivity contribution in [2.24, 2.45) is 5.92 Å². The van der Waals surface area contributed by atoms with Crippen molar-refractivity contribution in [2.75, 3.05) is 11.9 Å². The van der Waals surface area contributed by atoms with Gasteiger partial charge in [-0.05, 0) is 43.7 Å². The van der Waals surface area contributed by atoms with Gasteiger partial charge in [-0.2, -0.15) is 5.10 Å². The quantitative estimate of drug-likeness (QED) is 0.927. The number of aromatic nitrogens is 3. The lowest BCUT2D eigenvalue weighted by atomic mass is 9.92. The van der Waals surface area contributed by atoms with Gasteiger partial charge >= 0.3 is 6.03 Å². The lowest BCUT2D eigenvalue weighted by molar-refractivity contribution is 0.138. The molecule has 0 bridgehead atoms. The second kappa shape index (κ2) is 6.02. The fourth-order valence-electron chi connectivity index (χ4n) is 3.90. The molecule has 2 aromatic rings. The molecule has 2 amide bonds. The maximum Gasteiger partial charge on any atom is 0.322 e. The van der Waals surface area contributed by atoms with Crippen LogP contribution in [0.1, 0.15) is 32.1 Å². The van der Waals surface area contributed by atoms with Gasteiger partial charge in [0.05, 0.1) is 18.1 Å². The van der Waals surface area contributed by atoms with Crippen LogP contribution < -0.4 is 5.32 Å². The Morgan fingerprint density at radius 3 is 3.00 bits per heavy atom. The van der Waals surface area contributed by atoms with Crippen molar-refractivity contribution in [1.82, 2.24) is 19.7 Å². The van der Waals surface area contributed by atoms with Crippen molar-refractivity contribution >= 4 is 11.7 Å². The van der Waals surface area contributed by atoms with E-state index in [4.69, 9.17) is 0 Å². The summed E-state index contributed by atoms with van der Waals surface area (Å²) in [7, 11) is 0. The summed E-state index contributed by atoms with van der Waals surface area (Å²) in [5.74, 6) is 1.44. The Morgan fingerprint density at radius 1 is 1.22 bits per heavy atom. The molecular weight excluding hydrogens is 290 g/mol. The summed E-state index contributed by atoms with van der Waals surface area (Å²) in [5, 5.41) is 7.26. The van der Waals surface area contributed by atoms with Crippen LogP contribution in [-0.4, -0.2) is 38.3 Å². The van der Waals surface area contributed by atoms with Gasteiger partial charge in [0.15, 0.2) is 5.82 Å². The first-order valence-corrected chi connectivity index (χ1v) is 8.35. The largest absolute Gasteiger partial charge is 0.322 e. The molecule has 0 spiro atoms. The molecule has 2 atom stereocenters. The van der Waals surface area contributed by atoms with E-state index in [2.05, 4.69) is 15.4 Å². The number of carbonyl (C=O) groups excluding carboxylic acids is 1. The Bertz CT molecular complexity index is 683. The summed E-state index contributed by atoms with van der Waals surface area (Å²) in [4.78, 5) is 18.9. The molecule has 0 unspecified atom stereocenters. The minimum atomic E-state index is 0.00201. The van der Waals surface area contributed by atoms with Gasteiger partial charge in [0, 0.05) is 18.8 Å². The van der Waals surface area contributed by atoms with Gasteiger partial charge in [-0.15, -0.1) is 0 Å². The van der Waals surface area contributed by atoms with E-state index in [1.165, 1.54) is 19.3 Å². The monoisotopic (exact) mass is 311 g/mol. The summed E-state index contributed by atoms with van der Waals surface area (Å²) in [6.07, 6.45) is 11.2. The van der Waals surface area contributed by atoms with Crippen molar-refractivity contribution in [3.05, 3.63) is 36.8 Å². The third-order valence-electron chi connectivity index (χ3n) is 4.97. The van der Waals surface area contributed by atoms with Gasteiger partial charge in [0.25, 0.3) is 0 Å². The second-order valence-electron chi connectivity index (χ2n) is 6.39. The minimum absolute atomic E-state index is 0.00201. The van der Waals surface area contributed by atoms with Crippen molar-refractivity contribution in [1.29, 1.82) is 0 Å². The van der Waals surface area contributed by atoms with E-state index in [-0.39, 0.29) is 6.03 Å². The molecule has 23 heavy (non-hydrogen) atoms. The smallest absolute Gasteiger partial charge is 0.321 e. The highest BCUT2D eigenvalue weighted by atomic mass is 16.2. The van der Waals surface area contributed by atoms with Crippen LogP contribution in [0.25, 0.3) is 5.82 Å². The molecular formula is C17H21N5O. The first-order chi connectivity index (χ1) is 11.3. The van der Waals surface area contributed by atoms with Crippen LogP contribution in [0, 0.1) is 5.92 Å². The van der Waals surface area contributed by atoms with Gasteiger partial charge in [-0.1, -0.05) is 12.5 Å². The molecule has 3 heterocycles. The molecule has 1 aliphatic heterocycles. The SMILES string of the molecule is O=C(Nc1cnn(-c2ccccn2)c1)N1CCC[C@H]2CCC[C@@H]21. The third-order valence-corrected chi connectivity index (χ3v) is 4.97. The first-order valence-electron chi connectivity index (χ1n) is 8.35. The van der Waals surface area contributed by atoms with E-state index in [0.717, 1.165) is 25.2 Å². The highest BCUT2D eigenvalue weighted by molar-refractivity contribution is 5.89. The van der Waals surface area contributed by atoms with Crippen LogP contribution >= 0.6 is 0 Å². The highest BCUT2D eigenvalue weighted by Gasteiger charge is 2.37. The van der Waals surface area contributed by atoms with Gasteiger partial charge in [-0.25, -0.2) is 14.5 Å². The maximum absolute atomic E-state index is 12.6. The molecule has 120 valence electrons. The van der Waals surface area contributed by atoms with Crippen LogP contribution in [0.3, 0.4) is 0 Å². The van der Waals surface area contributed by atoms with Gasteiger partial charge < -0.3 is 10.2 Å². The predicted octanol–water partition coefficient (Wildman–Crippen LogP) is 3.06. The number of anilines is 1. The second-order valence-corrected chi connectivity index (χ2v) is 6.39. The summed E-state index contributed by atoms with van der Waals surface area (Å²) < 4.78 is 1.67. The number of nitrogens with zero attached hydrogens (tertiary/aromatic N) is 4. The van der Waals surface area contributed by atoms with E-state index in [9.17, 15) is 4.79 Å². The van der Waals surface area contributed by atoms with E-state index in [1.54, 1.807) is 23.3 Å². The molecule has 0 radical (unpaired) electrons. The average Bonchev–Trinajstić information content (AvgIpc) is 3.24. The Kier molecular flexibility index (Phi) is 3.73. The fraction of sp³-hybridized carbons (Fsp3) is 0.471. The number of piperidine rings is 1. The Balaban J connectivity index is 1.46. The summed E-state index contributed by atoms with van der Waals surface area (Å²) in [6, 6.07) is 6.09. The topological polar surface area (TPSA) is 63.1 Å². The fourth-order valence-corrected chi connectivity index (χ4v) is 3.90. The standard InChI is InChI=1S/C17H21N5O/c23-17(21-10-4-6-13-5-3-7-15(13)21)20-14-11-19-22(12-14)16-8-1-2-9-18-16/h1-2,8-9,11-13,15H,3-7,10H2,(H,20,23)/t13-,15+/m1/s1. The van der Waals surface area contributed by atoms with E-state index < -0.39 is 0 Å². The number of amides is 2. The summed E-state index contributed by atoms with van der Waals surface area (Å²) in [6.45, 7) is 0.862. The molecule has 1 saturated carbocycles.